The van der Waals surface area contributed by atoms with Gasteiger partial charge in [-0.25, -0.2) is 18.4 Å². The third-order valence-electron chi connectivity index (χ3n) is 5.68. The molecule has 4 heterocycles. The summed E-state index contributed by atoms with van der Waals surface area (Å²) in [5, 5.41) is 2.87. The summed E-state index contributed by atoms with van der Waals surface area (Å²) in [4.78, 5) is 21.3. The number of ether oxygens (including phenoxy) is 1. The average Bonchev–Trinajstić information content (AvgIpc) is 3.16. The van der Waals surface area contributed by atoms with E-state index in [1.807, 2.05) is 13.8 Å². The molecule has 3 fully saturated rings. The molecule has 2 bridgehead atoms. The number of aromatic nitrogens is 3. The number of pyridine rings is 1. The molecule has 2 saturated heterocycles. The highest BCUT2D eigenvalue weighted by atomic mass is 32.2. The molecule has 10 heteroatoms. The van der Waals surface area contributed by atoms with E-state index in [4.69, 9.17) is 4.74 Å². The number of nitrogens with zero attached hydrogens (tertiary/aromatic N) is 4. The van der Waals surface area contributed by atoms with Gasteiger partial charge in [-0.15, -0.1) is 0 Å². The Morgan fingerprint density at radius 2 is 2.07 bits per heavy atom. The highest BCUT2D eigenvalue weighted by Crippen LogP contribution is 2.42. The van der Waals surface area contributed by atoms with Crippen LogP contribution in [0.1, 0.15) is 33.1 Å². The first kappa shape index (κ1) is 20.8. The SMILES string of the molecule is CC(C)Oc1ccc(NC(=O)[C@H]2C[C@H]3CC[C@H]2N(S(=O)(=O)c2cn(C)cn2)C3)nc1. The van der Waals surface area contributed by atoms with Gasteiger partial charge in [0.2, 0.25) is 5.91 Å². The molecule has 162 valence electrons. The molecule has 9 nitrogen and oxygen atoms in total. The normalized spacial score (nSPS) is 24.2. The van der Waals surface area contributed by atoms with Crippen LogP contribution in [0.5, 0.6) is 5.75 Å². The summed E-state index contributed by atoms with van der Waals surface area (Å²) >= 11 is 0. The van der Waals surface area contributed by atoms with Gasteiger partial charge in [0, 0.05) is 25.8 Å². The van der Waals surface area contributed by atoms with Crippen LogP contribution in [0.2, 0.25) is 0 Å². The number of hydrogen-bond donors (Lipinski definition) is 1. The Bertz CT molecular complexity index is 1020. The van der Waals surface area contributed by atoms with E-state index in [2.05, 4.69) is 15.3 Å². The van der Waals surface area contributed by atoms with E-state index in [1.165, 1.54) is 16.8 Å². The smallest absolute Gasteiger partial charge is 0.262 e. The Morgan fingerprint density at radius 3 is 2.67 bits per heavy atom. The van der Waals surface area contributed by atoms with Gasteiger partial charge < -0.3 is 14.6 Å². The number of hydrogen-bond acceptors (Lipinski definition) is 6. The summed E-state index contributed by atoms with van der Waals surface area (Å²) in [7, 11) is -2.01. The monoisotopic (exact) mass is 433 g/mol. The molecule has 0 radical (unpaired) electrons. The molecular weight excluding hydrogens is 406 g/mol. The number of nitrogens with one attached hydrogen (secondary N) is 1. The summed E-state index contributed by atoms with van der Waals surface area (Å²) < 4.78 is 34.9. The molecule has 1 saturated carbocycles. The van der Waals surface area contributed by atoms with Crippen molar-refractivity contribution in [3.8, 4) is 5.75 Å². The van der Waals surface area contributed by atoms with Gasteiger partial charge in [-0.05, 0) is 51.2 Å². The number of carbonyl (C=O) groups is 1. The number of rotatable bonds is 6. The lowest BCUT2D eigenvalue weighted by Gasteiger charge is -2.47. The van der Waals surface area contributed by atoms with Gasteiger partial charge in [0.15, 0.2) is 5.03 Å². The molecule has 30 heavy (non-hydrogen) atoms. The van der Waals surface area contributed by atoms with Gasteiger partial charge in [-0.3, -0.25) is 4.79 Å². The second-order valence-electron chi connectivity index (χ2n) is 8.34. The highest BCUT2D eigenvalue weighted by Gasteiger charge is 2.49. The molecule has 2 aliphatic heterocycles. The molecule has 3 atom stereocenters. The minimum Gasteiger partial charge on any atom is -0.489 e. The van der Waals surface area contributed by atoms with Gasteiger partial charge in [-0.2, -0.15) is 4.31 Å². The van der Waals surface area contributed by atoms with Gasteiger partial charge in [0.1, 0.15) is 11.6 Å². The van der Waals surface area contributed by atoms with Crippen LogP contribution in [0, 0.1) is 11.8 Å². The van der Waals surface area contributed by atoms with Crippen molar-refractivity contribution in [1.82, 2.24) is 18.8 Å². The number of carbonyl (C=O) groups excluding carboxylic acids is 1. The minimum atomic E-state index is -3.74. The quantitative estimate of drug-likeness (QED) is 0.747. The van der Waals surface area contributed by atoms with Crippen LogP contribution in [-0.2, 0) is 21.9 Å². The zero-order valence-corrected chi connectivity index (χ0v) is 18.2. The largest absolute Gasteiger partial charge is 0.489 e. The lowest BCUT2D eigenvalue weighted by atomic mass is 9.73. The predicted molar refractivity (Wildman–Crippen MR) is 110 cm³/mol. The van der Waals surface area contributed by atoms with Crippen molar-refractivity contribution < 1.29 is 17.9 Å². The van der Waals surface area contributed by atoms with Crippen LogP contribution in [0.4, 0.5) is 5.82 Å². The maximum Gasteiger partial charge on any atom is 0.262 e. The van der Waals surface area contributed by atoms with Gasteiger partial charge in [0.25, 0.3) is 10.0 Å². The molecule has 3 aliphatic rings. The second-order valence-corrected chi connectivity index (χ2v) is 10.2. The molecule has 2 aromatic heterocycles. The molecule has 0 unspecified atom stereocenters. The molecular formula is C20H27N5O4S. The molecule has 0 spiro atoms. The second kappa shape index (κ2) is 7.99. The van der Waals surface area contributed by atoms with Crippen molar-refractivity contribution in [1.29, 1.82) is 0 Å². The lowest BCUT2D eigenvalue weighted by Crippen LogP contribution is -2.57. The molecule has 1 aliphatic carbocycles. The third kappa shape index (κ3) is 4.06. The molecule has 1 amide bonds. The number of amides is 1. The van der Waals surface area contributed by atoms with E-state index < -0.39 is 15.9 Å². The van der Waals surface area contributed by atoms with Crippen LogP contribution >= 0.6 is 0 Å². The van der Waals surface area contributed by atoms with Crippen LogP contribution in [0.15, 0.2) is 35.9 Å². The fourth-order valence-electron chi connectivity index (χ4n) is 4.36. The topological polar surface area (TPSA) is 106 Å². The zero-order chi connectivity index (χ0) is 21.5. The van der Waals surface area contributed by atoms with Gasteiger partial charge >= 0.3 is 0 Å². The maximum absolute atomic E-state index is 13.1. The average molecular weight is 434 g/mol. The Hall–Kier alpha value is -2.46. The van der Waals surface area contributed by atoms with E-state index in [1.54, 1.807) is 29.9 Å². The van der Waals surface area contributed by atoms with Crippen LogP contribution in [0.25, 0.3) is 0 Å². The summed E-state index contributed by atoms with van der Waals surface area (Å²) in [6.07, 6.45) is 6.86. The fourth-order valence-corrected chi connectivity index (χ4v) is 6.09. The Morgan fingerprint density at radius 1 is 1.27 bits per heavy atom. The zero-order valence-electron chi connectivity index (χ0n) is 17.4. The number of anilines is 1. The molecule has 0 aromatic carbocycles. The number of aryl methyl sites for hydroxylation is 1. The Kier molecular flexibility index (Phi) is 5.54. The Labute approximate surface area is 176 Å². The summed E-state index contributed by atoms with van der Waals surface area (Å²) in [6.45, 7) is 4.30. The standard InChI is InChI=1S/C20H27N5O4S/c1-13(2)29-15-5-7-18(21-9-15)23-20(26)16-8-14-4-6-17(16)25(10-14)30(27,28)19-11-24(3)12-22-19/h5,7,9,11-14,16-17H,4,6,8,10H2,1-3H3,(H,21,23,26)/t14-,16+,17-/m1/s1. The first-order valence-corrected chi connectivity index (χ1v) is 11.6. The van der Waals surface area contributed by atoms with Gasteiger partial charge in [-0.1, -0.05) is 0 Å². The number of piperidine rings is 2. The summed E-state index contributed by atoms with van der Waals surface area (Å²) in [6, 6.07) is 3.08. The van der Waals surface area contributed by atoms with E-state index in [0.29, 0.717) is 31.0 Å². The van der Waals surface area contributed by atoms with Crippen molar-refractivity contribution in [2.24, 2.45) is 18.9 Å². The molecule has 2 aromatic rings. The van der Waals surface area contributed by atoms with Crippen LogP contribution < -0.4 is 10.1 Å². The fraction of sp³-hybridized carbons (Fsp3) is 0.550. The van der Waals surface area contributed by atoms with Crippen molar-refractivity contribution >= 4 is 21.7 Å². The number of fused-ring (bicyclic) bond motifs is 3. The lowest BCUT2D eigenvalue weighted by molar-refractivity contribution is -0.125. The number of sulfonamides is 1. The van der Waals surface area contributed by atoms with E-state index in [-0.39, 0.29) is 29.0 Å². The highest BCUT2D eigenvalue weighted by molar-refractivity contribution is 7.89. The van der Waals surface area contributed by atoms with Crippen molar-refractivity contribution in [2.45, 2.75) is 50.3 Å². The van der Waals surface area contributed by atoms with Crippen molar-refractivity contribution in [2.75, 3.05) is 11.9 Å². The molecule has 1 N–H and O–H groups in total. The molecule has 5 rings (SSSR count). The van der Waals surface area contributed by atoms with Gasteiger partial charge in [0.05, 0.1) is 24.5 Å². The number of imidazole rings is 1. The third-order valence-corrected chi connectivity index (χ3v) is 7.46. The van der Waals surface area contributed by atoms with Crippen molar-refractivity contribution in [3.05, 3.63) is 30.9 Å². The van der Waals surface area contributed by atoms with Crippen molar-refractivity contribution in [3.63, 3.8) is 0 Å². The maximum atomic E-state index is 13.1. The first-order valence-electron chi connectivity index (χ1n) is 10.2. The van der Waals surface area contributed by atoms with E-state index >= 15 is 0 Å². The predicted octanol–water partition coefficient (Wildman–Crippen LogP) is 2.03. The summed E-state index contributed by atoms with van der Waals surface area (Å²) in [5.74, 6) is 0.614. The van der Waals surface area contributed by atoms with E-state index in [0.717, 1.165) is 6.42 Å². The summed E-state index contributed by atoms with van der Waals surface area (Å²) in [5.41, 5.74) is 0. The Balaban J connectivity index is 1.50. The van der Waals surface area contributed by atoms with E-state index in [9.17, 15) is 13.2 Å². The van der Waals surface area contributed by atoms with Crippen LogP contribution in [0.3, 0.4) is 0 Å². The first-order chi connectivity index (χ1) is 14.2. The minimum absolute atomic E-state index is 0.0270. The van der Waals surface area contributed by atoms with Crippen LogP contribution in [-0.4, -0.2) is 51.9 Å².